The molecule has 0 amide bonds. The average Bonchev–Trinajstić information content (AvgIpc) is 2.31. The minimum atomic E-state index is -0.338. The molecule has 94 valence electrons. The van der Waals surface area contributed by atoms with Gasteiger partial charge in [0.25, 0.3) is 0 Å². The molecule has 0 radical (unpaired) electrons. The van der Waals surface area contributed by atoms with Crippen molar-refractivity contribution in [1.29, 1.82) is 0 Å². The molecule has 2 aromatic carbocycles. The summed E-state index contributed by atoms with van der Waals surface area (Å²) in [5.41, 5.74) is 6.61. The van der Waals surface area contributed by atoms with Gasteiger partial charge in [0, 0.05) is 10.0 Å². The normalized spacial score (nSPS) is 10.4. The summed E-state index contributed by atoms with van der Waals surface area (Å²) in [6, 6.07) is 9.86. The van der Waals surface area contributed by atoms with Crippen molar-refractivity contribution in [3.63, 3.8) is 0 Å². The number of nitrogen functional groups attached to an aromatic ring is 1. The molecule has 0 saturated heterocycles. The standard InChI is InChI=1S/C13H10BrClFNO/c14-9-5-4-8(11(16)6-9)7-18-13-10(15)2-1-3-12(13)17/h1-6H,7,17H2. The average molecular weight is 331 g/mol. The van der Waals surface area contributed by atoms with E-state index >= 15 is 0 Å². The van der Waals surface area contributed by atoms with E-state index in [1.165, 1.54) is 6.07 Å². The molecule has 0 unspecified atom stereocenters. The highest BCUT2D eigenvalue weighted by Gasteiger charge is 2.08. The van der Waals surface area contributed by atoms with Gasteiger partial charge in [-0.3, -0.25) is 0 Å². The summed E-state index contributed by atoms with van der Waals surface area (Å²) >= 11 is 9.15. The van der Waals surface area contributed by atoms with Crippen molar-refractivity contribution in [1.82, 2.24) is 0 Å². The summed E-state index contributed by atoms with van der Waals surface area (Å²) in [5, 5.41) is 0.410. The summed E-state index contributed by atoms with van der Waals surface area (Å²) < 4.78 is 19.7. The van der Waals surface area contributed by atoms with Gasteiger partial charge in [-0.25, -0.2) is 4.39 Å². The van der Waals surface area contributed by atoms with E-state index in [1.807, 2.05) is 0 Å². The van der Waals surface area contributed by atoms with Gasteiger partial charge in [0.05, 0.1) is 10.7 Å². The number of ether oxygens (including phenoxy) is 1. The lowest BCUT2D eigenvalue weighted by molar-refractivity contribution is 0.301. The number of halogens is 3. The molecule has 0 bridgehead atoms. The fourth-order valence-electron chi connectivity index (χ4n) is 1.47. The van der Waals surface area contributed by atoms with Crippen molar-refractivity contribution in [3.8, 4) is 5.75 Å². The quantitative estimate of drug-likeness (QED) is 0.846. The Bertz CT molecular complexity index is 557. The van der Waals surface area contributed by atoms with Gasteiger partial charge in [-0.1, -0.05) is 39.7 Å². The van der Waals surface area contributed by atoms with Crippen LogP contribution >= 0.6 is 27.5 Å². The first kappa shape index (κ1) is 13.2. The lowest BCUT2D eigenvalue weighted by atomic mass is 10.2. The maximum Gasteiger partial charge on any atom is 0.161 e. The van der Waals surface area contributed by atoms with Gasteiger partial charge in [-0.05, 0) is 24.3 Å². The van der Waals surface area contributed by atoms with E-state index in [0.717, 1.165) is 0 Å². The number of benzene rings is 2. The molecule has 5 heteroatoms. The van der Waals surface area contributed by atoms with E-state index in [1.54, 1.807) is 30.3 Å². The molecule has 0 aromatic heterocycles. The Balaban J connectivity index is 2.16. The van der Waals surface area contributed by atoms with Crippen molar-refractivity contribution in [2.45, 2.75) is 6.61 Å². The predicted octanol–water partition coefficient (Wildman–Crippen LogP) is 4.40. The van der Waals surface area contributed by atoms with Crippen LogP contribution < -0.4 is 10.5 Å². The van der Waals surface area contributed by atoms with Crippen molar-refractivity contribution >= 4 is 33.2 Å². The smallest absolute Gasteiger partial charge is 0.161 e. The van der Waals surface area contributed by atoms with Crippen molar-refractivity contribution in [2.75, 3.05) is 5.73 Å². The summed E-state index contributed by atoms with van der Waals surface area (Å²) in [7, 11) is 0. The number of nitrogens with two attached hydrogens (primary N) is 1. The second-order valence-electron chi connectivity index (χ2n) is 3.68. The topological polar surface area (TPSA) is 35.2 Å². The maximum atomic E-state index is 13.6. The first-order valence-electron chi connectivity index (χ1n) is 5.18. The summed E-state index contributed by atoms with van der Waals surface area (Å²) in [6.45, 7) is 0.0764. The van der Waals surface area contributed by atoms with E-state index in [9.17, 15) is 4.39 Å². The molecule has 2 N–H and O–H groups in total. The number of anilines is 1. The Morgan fingerprint density at radius 3 is 2.72 bits per heavy atom. The predicted molar refractivity (Wildman–Crippen MR) is 74.3 cm³/mol. The Morgan fingerprint density at radius 1 is 1.28 bits per heavy atom. The van der Waals surface area contributed by atoms with Crippen LogP contribution in [0.3, 0.4) is 0 Å². The van der Waals surface area contributed by atoms with Crippen LogP contribution in [0.1, 0.15) is 5.56 Å². The molecule has 0 fully saturated rings. The highest BCUT2D eigenvalue weighted by molar-refractivity contribution is 9.10. The van der Waals surface area contributed by atoms with Crippen LogP contribution in [0, 0.1) is 5.82 Å². The third kappa shape index (κ3) is 2.94. The van der Waals surface area contributed by atoms with Gasteiger partial charge < -0.3 is 10.5 Å². The van der Waals surface area contributed by atoms with Gasteiger partial charge in [0.2, 0.25) is 0 Å². The van der Waals surface area contributed by atoms with Gasteiger partial charge >= 0.3 is 0 Å². The van der Waals surface area contributed by atoms with Gasteiger partial charge in [-0.15, -0.1) is 0 Å². The van der Waals surface area contributed by atoms with E-state index in [4.69, 9.17) is 22.1 Å². The molecule has 2 aromatic rings. The highest BCUT2D eigenvalue weighted by Crippen LogP contribution is 2.31. The molecule has 2 nitrogen and oxygen atoms in total. The Labute approximate surface area is 118 Å². The molecule has 0 atom stereocenters. The van der Waals surface area contributed by atoms with Crippen molar-refractivity contribution in [3.05, 3.63) is 57.3 Å². The molecule has 18 heavy (non-hydrogen) atoms. The molecule has 0 spiro atoms. The third-order valence-electron chi connectivity index (χ3n) is 2.38. The Hall–Kier alpha value is -1.26. The zero-order chi connectivity index (χ0) is 13.1. The van der Waals surface area contributed by atoms with Gasteiger partial charge in [0.15, 0.2) is 5.75 Å². The first-order valence-corrected chi connectivity index (χ1v) is 6.35. The van der Waals surface area contributed by atoms with Crippen LogP contribution in [0.4, 0.5) is 10.1 Å². The summed E-state index contributed by atoms with van der Waals surface area (Å²) in [6.07, 6.45) is 0. The SMILES string of the molecule is Nc1cccc(Cl)c1OCc1ccc(Br)cc1F. The largest absolute Gasteiger partial charge is 0.485 e. The fraction of sp³-hybridized carbons (Fsp3) is 0.0769. The van der Waals surface area contributed by atoms with Crippen LogP contribution in [0.25, 0.3) is 0 Å². The molecule has 0 aliphatic carbocycles. The minimum Gasteiger partial charge on any atom is -0.485 e. The highest BCUT2D eigenvalue weighted by atomic mass is 79.9. The van der Waals surface area contributed by atoms with Crippen molar-refractivity contribution < 1.29 is 9.13 Å². The van der Waals surface area contributed by atoms with Crippen molar-refractivity contribution in [2.24, 2.45) is 0 Å². The van der Waals surface area contributed by atoms with Gasteiger partial charge in [-0.2, -0.15) is 0 Å². The van der Waals surface area contributed by atoms with Crippen LogP contribution in [-0.2, 0) is 6.61 Å². The zero-order valence-corrected chi connectivity index (χ0v) is 11.6. The molecule has 0 saturated carbocycles. The minimum absolute atomic E-state index is 0.0764. The van der Waals surface area contributed by atoms with Crippen LogP contribution in [-0.4, -0.2) is 0 Å². The second-order valence-corrected chi connectivity index (χ2v) is 5.01. The summed E-state index contributed by atoms with van der Waals surface area (Å²) in [5.74, 6) is 0.0384. The van der Waals surface area contributed by atoms with Gasteiger partial charge in [0.1, 0.15) is 12.4 Å². The number of hydrogen-bond donors (Lipinski definition) is 1. The number of hydrogen-bond acceptors (Lipinski definition) is 2. The van der Waals surface area contributed by atoms with Crippen LogP contribution in [0.15, 0.2) is 40.9 Å². The lowest BCUT2D eigenvalue weighted by Crippen LogP contribution is -2.01. The molecular weight excluding hydrogens is 321 g/mol. The van der Waals surface area contributed by atoms with E-state index in [-0.39, 0.29) is 12.4 Å². The molecule has 0 aliphatic heterocycles. The Morgan fingerprint density at radius 2 is 2.06 bits per heavy atom. The third-order valence-corrected chi connectivity index (χ3v) is 3.18. The molecule has 0 aliphatic rings. The first-order chi connectivity index (χ1) is 8.58. The number of para-hydroxylation sites is 1. The maximum absolute atomic E-state index is 13.6. The van der Waals surface area contributed by atoms with Crippen LogP contribution in [0.2, 0.25) is 5.02 Å². The fourth-order valence-corrected chi connectivity index (χ4v) is 2.04. The lowest BCUT2D eigenvalue weighted by Gasteiger charge is -2.11. The molecule has 0 heterocycles. The molecular formula is C13H10BrClFNO. The second kappa shape index (κ2) is 5.59. The Kier molecular flexibility index (Phi) is 4.09. The van der Waals surface area contributed by atoms with E-state index < -0.39 is 0 Å². The number of rotatable bonds is 3. The van der Waals surface area contributed by atoms with E-state index in [2.05, 4.69) is 15.9 Å². The zero-order valence-electron chi connectivity index (χ0n) is 9.29. The monoisotopic (exact) mass is 329 g/mol. The summed E-state index contributed by atoms with van der Waals surface area (Å²) in [4.78, 5) is 0. The molecule has 2 rings (SSSR count). The van der Waals surface area contributed by atoms with Crippen LogP contribution in [0.5, 0.6) is 5.75 Å². The van der Waals surface area contributed by atoms with E-state index in [0.29, 0.717) is 26.5 Å².